The summed E-state index contributed by atoms with van der Waals surface area (Å²) < 4.78 is 11.2. The molecule has 2 N–H and O–H groups in total. The van der Waals surface area contributed by atoms with Crippen LogP contribution < -0.4 is 10.6 Å². The molecule has 1 aromatic heterocycles. The standard InChI is InChI=1S/C21H28N4O5/c1-10(2)25-16(18(27)23-20(4,5)6)21-8-7-12(29-21)14(15(21)19(25)28)17(26)22-13-9-11(3)30-24-13/h7-10,12,14-16H,1-6H3,(H,23,27)(H,22,24,26)/t12-,14+,15+,16-,21+/m1/s1. The van der Waals surface area contributed by atoms with Crippen LogP contribution in [0.5, 0.6) is 0 Å². The van der Waals surface area contributed by atoms with E-state index in [9.17, 15) is 14.4 Å². The predicted molar refractivity (Wildman–Crippen MR) is 107 cm³/mol. The van der Waals surface area contributed by atoms with E-state index in [0.29, 0.717) is 5.76 Å². The molecule has 4 rings (SSSR count). The topological polar surface area (TPSA) is 114 Å². The van der Waals surface area contributed by atoms with Gasteiger partial charge >= 0.3 is 0 Å². The van der Waals surface area contributed by atoms with Crippen LogP contribution in [0, 0.1) is 18.8 Å². The van der Waals surface area contributed by atoms with Crippen molar-refractivity contribution in [2.24, 2.45) is 11.8 Å². The van der Waals surface area contributed by atoms with E-state index in [1.807, 2.05) is 34.6 Å². The van der Waals surface area contributed by atoms with E-state index in [4.69, 9.17) is 9.26 Å². The summed E-state index contributed by atoms with van der Waals surface area (Å²) in [6, 6.07) is 0.530. The molecule has 0 aromatic carbocycles. The van der Waals surface area contributed by atoms with Crippen molar-refractivity contribution in [1.82, 2.24) is 15.4 Å². The van der Waals surface area contributed by atoms with E-state index in [0.717, 1.165) is 0 Å². The molecule has 3 aliphatic heterocycles. The maximum Gasteiger partial charge on any atom is 0.246 e. The number of carbonyl (C=O) groups excluding carboxylic acids is 3. The lowest BCUT2D eigenvalue weighted by Crippen LogP contribution is -2.59. The van der Waals surface area contributed by atoms with Crippen LogP contribution in [-0.2, 0) is 19.1 Å². The number of ether oxygens (including phenoxy) is 1. The second-order valence-electron chi connectivity index (χ2n) is 9.59. The number of rotatable bonds is 4. The zero-order valence-electron chi connectivity index (χ0n) is 18.1. The maximum absolute atomic E-state index is 13.5. The van der Waals surface area contributed by atoms with Crippen molar-refractivity contribution in [1.29, 1.82) is 0 Å². The molecular weight excluding hydrogens is 388 g/mol. The molecule has 1 spiro atoms. The number of hydrogen-bond acceptors (Lipinski definition) is 6. The molecule has 0 aliphatic carbocycles. The van der Waals surface area contributed by atoms with Gasteiger partial charge in [0.2, 0.25) is 17.7 Å². The molecule has 3 aliphatic rings. The van der Waals surface area contributed by atoms with Gasteiger partial charge in [0.1, 0.15) is 17.4 Å². The second-order valence-corrected chi connectivity index (χ2v) is 9.59. The molecule has 0 saturated carbocycles. The molecule has 0 radical (unpaired) electrons. The second kappa shape index (κ2) is 6.66. The Labute approximate surface area is 175 Å². The molecule has 3 amide bonds. The number of carbonyl (C=O) groups is 3. The van der Waals surface area contributed by atoms with Crippen LogP contribution in [0.25, 0.3) is 0 Å². The van der Waals surface area contributed by atoms with Crippen LogP contribution in [0.15, 0.2) is 22.7 Å². The number of aryl methyl sites for hydroxylation is 1. The summed E-state index contributed by atoms with van der Waals surface area (Å²) in [6.07, 6.45) is 2.99. The van der Waals surface area contributed by atoms with Crippen LogP contribution in [-0.4, -0.2) is 57.1 Å². The highest BCUT2D eigenvalue weighted by molar-refractivity contribution is 6.02. The number of aromatic nitrogens is 1. The van der Waals surface area contributed by atoms with Crippen molar-refractivity contribution in [2.45, 2.75) is 70.9 Å². The lowest BCUT2D eigenvalue weighted by Gasteiger charge is -2.36. The third kappa shape index (κ3) is 3.03. The fraction of sp³-hybridized carbons (Fsp3) is 0.619. The lowest BCUT2D eigenvalue weighted by molar-refractivity contribution is -0.143. The van der Waals surface area contributed by atoms with Crippen molar-refractivity contribution in [3.05, 3.63) is 24.0 Å². The van der Waals surface area contributed by atoms with Crippen molar-refractivity contribution in [3.63, 3.8) is 0 Å². The maximum atomic E-state index is 13.5. The summed E-state index contributed by atoms with van der Waals surface area (Å²) in [5.74, 6) is -1.60. The molecule has 9 nitrogen and oxygen atoms in total. The van der Waals surface area contributed by atoms with Gasteiger partial charge in [0.05, 0.1) is 17.9 Å². The normalized spacial score (nSPS) is 32.1. The van der Waals surface area contributed by atoms with E-state index < -0.39 is 35.1 Å². The third-order valence-electron chi connectivity index (χ3n) is 5.80. The highest BCUT2D eigenvalue weighted by atomic mass is 16.5. The molecule has 2 fully saturated rings. The highest BCUT2D eigenvalue weighted by Crippen LogP contribution is 2.55. The van der Waals surface area contributed by atoms with Crippen LogP contribution in [0.1, 0.15) is 40.4 Å². The van der Waals surface area contributed by atoms with E-state index in [2.05, 4.69) is 15.8 Å². The van der Waals surface area contributed by atoms with Crippen LogP contribution in [0.3, 0.4) is 0 Å². The Bertz CT molecular complexity index is 930. The Morgan fingerprint density at radius 1 is 1.27 bits per heavy atom. The lowest BCUT2D eigenvalue weighted by atomic mass is 9.74. The number of hydrogen-bond donors (Lipinski definition) is 2. The van der Waals surface area contributed by atoms with Gasteiger partial charge in [0.25, 0.3) is 0 Å². The van der Waals surface area contributed by atoms with Gasteiger partial charge in [0, 0.05) is 17.6 Å². The summed E-state index contributed by atoms with van der Waals surface area (Å²) in [7, 11) is 0. The molecule has 0 unspecified atom stereocenters. The first-order chi connectivity index (χ1) is 13.9. The number of fused-ring (bicyclic) bond motifs is 1. The Balaban J connectivity index is 1.69. The van der Waals surface area contributed by atoms with Gasteiger partial charge < -0.3 is 24.8 Å². The van der Waals surface area contributed by atoms with Crippen LogP contribution in [0.2, 0.25) is 0 Å². The van der Waals surface area contributed by atoms with E-state index >= 15 is 0 Å². The van der Waals surface area contributed by atoms with Crippen LogP contribution in [0.4, 0.5) is 5.82 Å². The molecule has 162 valence electrons. The largest absolute Gasteiger partial charge is 0.360 e. The van der Waals surface area contributed by atoms with E-state index in [-0.39, 0.29) is 29.6 Å². The fourth-order valence-electron chi connectivity index (χ4n) is 4.83. The SMILES string of the molecule is Cc1cc(NC(=O)[C@@H]2[C@H]3C(=O)N(C(C)C)[C@H](C(=O)NC(C)(C)C)[C@]34C=C[C@H]2O4)no1. The summed E-state index contributed by atoms with van der Waals surface area (Å²) in [5, 5.41) is 9.48. The van der Waals surface area contributed by atoms with Gasteiger partial charge in [-0.3, -0.25) is 14.4 Å². The summed E-state index contributed by atoms with van der Waals surface area (Å²) in [6.45, 7) is 11.1. The van der Waals surface area contributed by atoms with Gasteiger partial charge in [-0.1, -0.05) is 17.3 Å². The number of anilines is 1. The van der Waals surface area contributed by atoms with E-state index in [1.165, 1.54) is 0 Å². The van der Waals surface area contributed by atoms with Crippen molar-refractivity contribution in [3.8, 4) is 0 Å². The minimum absolute atomic E-state index is 0.230. The van der Waals surface area contributed by atoms with Gasteiger partial charge in [0.15, 0.2) is 5.82 Å². The first kappa shape index (κ1) is 20.6. The van der Waals surface area contributed by atoms with Crippen molar-refractivity contribution < 1.29 is 23.6 Å². The minimum atomic E-state index is -1.16. The average Bonchev–Trinajstić information content (AvgIpc) is 3.33. The molecular formula is C21H28N4O5. The molecule has 5 atom stereocenters. The predicted octanol–water partition coefficient (Wildman–Crippen LogP) is 1.40. The number of amides is 3. The molecule has 2 bridgehead atoms. The third-order valence-corrected chi connectivity index (χ3v) is 5.80. The van der Waals surface area contributed by atoms with Gasteiger partial charge in [-0.05, 0) is 41.5 Å². The van der Waals surface area contributed by atoms with Crippen molar-refractivity contribution >= 4 is 23.5 Å². The zero-order chi connectivity index (χ0) is 22.0. The smallest absolute Gasteiger partial charge is 0.246 e. The number of nitrogens with zero attached hydrogens (tertiary/aromatic N) is 2. The molecule has 30 heavy (non-hydrogen) atoms. The first-order valence-corrected chi connectivity index (χ1v) is 10.2. The van der Waals surface area contributed by atoms with Gasteiger partial charge in [-0.2, -0.15) is 0 Å². The Hall–Kier alpha value is -2.68. The highest BCUT2D eigenvalue weighted by Gasteiger charge is 2.73. The zero-order valence-corrected chi connectivity index (χ0v) is 18.1. The quantitative estimate of drug-likeness (QED) is 0.717. The molecule has 1 aromatic rings. The first-order valence-electron chi connectivity index (χ1n) is 10.2. The average molecular weight is 416 g/mol. The number of nitrogens with one attached hydrogen (secondary N) is 2. The Morgan fingerprint density at radius 3 is 2.53 bits per heavy atom. The molecule has 4 heterocycles. The van der Waals surface area contributed by atoms with Gasteiger partial charge in [-0.25, -0.2) is 0 Å². The van der Waals surface area contributed by atoms with Crippen molar-refractivity contribution in [2.75, 3.05) is 5.32 Å². The Morgan fingerprint density at radius 2 is 1.97 bits per heavy atom. The molecule has 9 heteroatoms. The minimum Gasteiger partial charge on any atom is -0.360 e. The Kier molecular flexibility index (Phi) is 4.57. The number of likely N-dealkylation sites (tertiary alicyclic amines) is 1. The summed E-state index contributed by atoms with van der Waals surface area (Å²) in [4.78, 5) is 41.4. The van der Waals surface area contributed by atoms with Gasteiger partial charge in [-0.15, -0.1) is 0 Å². The summed E-state index contributed by atoms with van der Waals surface area (Å²) >= 11 is 0. The fourth-order valence-corrected chi connectivity index (χ4v) is 4.83. The molecule has 2 saturated heterocycles. The monoisotopic (exact) mass is 416 g/mol. The van der Waals surface area contributed by atoms with Crippen LogP contribution >= 0.6 is 0 Å². The van der Waals surface area contributed by atoms with E-state index in [1.54, 1.807) is 30.0 Å². The summed E-state index contributed by atoms with van der Waals surface area (Å²) in [5.41, 5.74) is -1.64.